The van der Waals surface area contributed by atoms with E-state index in [0.29, 0.717) is 17.5 Å². The van der Waals surface area contributed by atoms with E-state index in [-0.39, 0.29) is 5.91 Å². The normalized spacial score (nSPS) is 16.5. The summed E-state index contributed by atoms with van der Waals surface area (Å²) < 4.78 is 1.93. The van der Waals surface area contributed by atoms with Crippen LogP contribution >= 0.6 is 11.8 Å². The molecule has 0 aromatic carbocycles. The van der Waals surface area contributed by atoms with Crippen LogP contribution in [0.25, 0.3) is 0 Å². The van der Waals surface area contributed by atoms with Crippen LogP contribution in [0.4, 0.5) is 0 Å². The molecule has 0 radical (unpaired) electrons. The minimum atomic E-state index is 0.0779. The van der Waals surface area contributed by atoms with Crippen molar-refractivity contribution in [1.82, 2.24) is 25.4 Å². The van der Waals surface area contributed by atoms with Crippen LogP contribution in [0.5, 0.6) is 0 Å². The van der Waals surface area contributed by atoms with Gasteiger partial charge in [0.05, 0.1) is 12.3 Å². The van der Waals surface area contributed by atoms with Crippen molar-refractivity contribution in [2.45, 2.75) is 38.1 Å². The van der Waals surface area contributed by atoms with Crippen molar-refractivity contribution < 1.29 is 4.79 Å². The van der Waals surface area contributed by atoms with Crippen LogP contribution in [0.15, 0.2) is 6.33 Å². The summed E-state index contributed by atoms with van der Waals surface area (Å²) in [4.78, 5) is 11.8. The number of nitrogens with one attached hydrogen (secondary N) is 2. The molecule has 0 bridgehead atoms. The van der Waals surface area contributed by atoms with Gasteiger partial charge in [-0.3, -0.25) is 4.79 Å². The van der Waals surface area contributed by atoms with Crippen molar-refractivity contribution >= 4 is 17.7 Å². The second-order valence-corrected chi connectivity index (χ2v) is 5.86. The molecule has 2 N–H and O–H groups in total. The first-order valence-electron chi connectivity index (χ1n) is 6.75. The lowest BCUT2D eigenvalue weighted by atomic mass is 10.2. The predicted octanol–water partition coefficient (Wildman–Crippen LogP) is 0.399. The zero-order valence-electron chi connectivity index (χ0n) is 11.3. The van der Waals surface area contributed by atoms with Crippen LogP contribution in [0, 0.1) is 0 Å². The number of piperidine rings is 1. The summed E-state index contributed by atoms with van der Waals surface area (Å²) in [7, 11) is 0. The monoisotopic (exact) mass is 283 g/mol. The molecule has 6 nitrogen and oxygen atoms in total. The SMILES string of the molecule is CCn1cnnc1CNC(=O)CSC1CCNCC1. The molecular formula is C12H21N5OS. The van der Waals surface area contributed by atoms with Crippen molar-refractivity contribution in [3.05, 3.63) is 12.2 Å². The summed E-state index contributed by atoms with van der Waals surface area (Å²) in [5, 5.41) is 14.7. The summed E-state index contributed by atoms with van der Waals surface area (Å²) >= 11 is 1.76. The van der Waals surface area contributed by atoms with Crippen LogP contribution in [-0.2, 0) is 17.9 Å². The molecule has 1 aromatic heterocycles. The maximum atomic E-state index is 11.8. The van der Waals surface area contributed by atoms with Crippen molar-refractivity contribution in [2.75, 3.05) is 18.8 Å². The van der Waals surface area contributed by atoms with Crippen molar-refractivity contribution in [2.24, 2.45) is 0 Å². The van der Waals surface area contributed by atoms with E-state index in [2.05, 4.69) is 20.8 Å². The zero-order chi connectivity index (χ0) is 13.5. The number of aromatic nitrogens is 3. The minimum Gasteiger partial charge on any atom is -0.348 e. The Kier molecular flexibility index (Phi) is 5.65. The van der Waals surface area contributed by atoms with Crippen molar-refractivity contribution in [3.8, 4) is 0 Å². The molecule has 2 rings (SSSR count). The largest absolute Gasteiger partial charge is 0.348 e. The number of nitrogens with zero attached hydrogens (tertiary/aromatic N) is 3. The molecule has 0 atom stereocenters. The van der Waals surface area contributed by atoms with E-state index in [1.165, 1.54) is 0 Å². The number of hydrogen-bond donors (Lipinski definition) is 2. The fourth-order valence-corrected chi connectivity index (χ4v) is 3.12. The predicted molar refractivity (Wildman–Crippen MR) is 75.9 cm³/mol. The zero-order valence-corrected chi connectivity index (χ0v) is 12.1. The van der Waals surface area contributed by atoms with E-state index in [1.807, 2.05) is 11.5 Å². The summed E-state index contributed by atoms with van der Waals surface area (Å²) in [6, 6.07) is 0. The average molecular weight is 283 g/mol. The van der Waals surface area contributed by atoms with Gasteiger partial charge in [-0.2, -0.15) is 0 Å². The Morgan fingerprint density at radius 3 is 3.11 bits per heavy atom. The Hall–Kier alpha value is -1.08. The molecule has 0 spiro atoms. The minimum absolute atomic E-state index is 0.0779. The van der Waals surface area contributed by atoms with Gasteiger partial charge in [-0.1, -0.05) is 0 Å². The molecule has 7 heteroatoms. The molecule has 0 saturated carbocycles. The summed E-state index contributed by atoms with van der Waals surface area (Å²) in [6.45, 7) is 5.45. The first-order valence-corrected chi connectivity index (χ1v) is 7.80. The lowest BCUT2D eigenvalue weighted by Crippen LogP contribution is -2.31. The smallest absolute Gasteiger partial charge is 0.230 e. The molecule has 0 unspecified atom stereocenters. The number of rotatable bonds is 6. The number of carbonyl (C=O) groups excluding carboxylic acids is 1. The van der Waals surface area contributed by atoms with Gasteiger partial charge in [-0.05, 0) is 32.9 Å². The second-order valence-electron chi connectivity index (χ2n) is 4.57. The van der Waals surface area contributed by atoms with Gasteiger partial charge in [0.15, 0.2) is 5.82 Å². The molecule has 1 aromatic rings. The number of hydrogen-bond acceptors (Lipinski definition) is 5. The second kappa shape index (κ2) is 7.49. The lowest BCUT2D eigenvalue weighted by Gasteiger charge is -2.21. The van der Waals surface area contributed by atoms with E-state index in [4.69, 9.17) is 0 Å². The Bertz CT molecular complexity index is 403. The number of thioether (sulfide) groups is 1. The van der Waals surface area contributed by atoms with Crippen LogP contribution in [0.2, 0.25) is 0 Å². The molecule has 0 aliphatic carbocycles. The Labute approximate surface area is 117 Å². The molecule has 1 fully saturated rings. The third-order valence-electron chi connectivity index (χ3n) is 3.22. The molecule has 1 saturated heterocycles. The van der Waals surface area contributed by atoms with E-state index in [9.17, 15) is 4.79 Å². The highest BCUT2D eigenvalue weighted by Gasteiger charge is 2.15. The van der Waals surface area contributed by atoms with Gasteiger partial charge < -0.3 is 15.2 Å². The third-order valence-corrected chi connectivity index (χ3v) is 4.59. The van der Waals surface area contributed by atoms with Crippen molar-refractivity contribution in [3.63, 3.8) is 0 Å². The van der Waals surface area contributed by atoms with E-state index in [1.54, 1.807) is 18.1 Å². The van der Waals surface area contributed by atoms with Gasteiger partial charge >= 0.3 is 0 Å². The topological polar surface area (TPSA) is 71.8 Å². The van der Waals surface area contributed by atoms with Gasteiger partial charge in [0, 0.05) is 11.8 Å². The summed E-state index contributed by atoms with van der Waals surface area (Å²) in [6.07, 6.45) is 4.00. The molecule has 1 aliphatic rings. The van der Waals surface area contributed by atoms with E-state index < -0.39 is 0 Å². The standard InChI is InChI=1S/C12H21N5OS/c1-2-17-9-15-16-11(17)7-14-12(18)8-19-10-3-5-13-6-4-10/h9-10,13H,2-8H2,1H3,(H,14,18). The summed E-state index contributed by atoms with van der Waals surface area (Å²) in [5.41, 5.74) is 0. The van der Waals surface area contributed by atoms with Crippen molar-refractivity contribution in [1.29, 1.82) is 0 Å². The van der Waals surface area contributed by atoms with Gasteiger partial charge in [-0.25, -0.2) is 0 Å². The first kappa shape index (κ1) is 14.3. The summed E-state index contributed by atoms with van der Waals surface area (Å²) in [5.74, 6) is 1.42. The fourth-order valence-electron chi connectivity index (χ4n) is 2.06. The highest BCUT2D eigenvalue weighted by molar-refractivity contribution is 8.00. The number of aryl methyl sites for hydroxylation is 1. The van der Waals surface area contributed by atoms with Gasteiger partial charge in [0.1, 0.15) is 6.33 Å². The average Bonchev–Trinajstić information content (AvgIpc) is 2.91. The highest BCUT2D eigenvalue weighted by atomic mass is 32.2. The highest BCUT2D eigenvalue weighted by Crippen LogP contribution is 2.19. The molecule has 1 amide bonds. The first-order chi connectivity index (χ1) is 9.29. The molecular weight excluding hydrogens is 262 g/mol. The van der Waals surface area contributed by atoms with Gasteiger partial charge in [0.2, 0.25) is 5.91 Å². The third kappa shape index (κ3) is 4.50. The Morgan fingerprint density at radius 2 is 2.37 bits per heavy atom. The molecule has 106 valence electrons. The quantitative estimate of drug-likeness (QED) is 0.791. The van der Waals surface area contributed by atoms with E-state index in [0.717, 1.165) is 38.3 Å². The number of amides is 1. The molecule has 1 aliphatic heterocycles. The maximum Gasteiger partial charge on any atom is 0.230 e. The molecule has 19 heavy (non-hydrogen) atoms. The van der Waals surface area contributed by atoms with Gasteiger partial charge in [-0.15, -0.1) is 22.0 Å². The van der Waals surface area contributed by atoms with E-state index >= 15 is 0 Å². The maximum absolute atomic E-state index is 11.8. The molecule has 2 heterocycles. The van der Waals surface area contributed by atoms with Crippen LogP contribution in [0.1, 0.15) is 25.6 Å². The Balaban J connectivity index is 1.66. The fraction of sp³-hybridized carbons (Fsp3) is 0.750. The number of carbonyl (C=O) groups is 1. The van der Waals surface area contributed by atoms with Crippen LogP contribution in [0.3, 0.4) is 0 Å². The Morgan fingerprint density at radius 1 is 1.58 bits per heavy atom. The van der Waals surface area contributed by atoms with Gasteiger partial charge in [0.25, 0.3) is 0 Å². The lowest BCUT2D eigenvalue weighted by molar-refractivity contribution is -0.118. The van der Waals surface area contributed by atoms with Crippen LogP contribution in [-0.4, -0.2) is 44.8 Å². The van der Waals surface area contributed by atoms with Crippen LogP contribution < -0.4 is 10.6 Å².